The number of rotatable bonds is 7. The third-order valence-electron chi connectivity index (χ3n) is 4.25. The number of hydrogen-bond acceptors (Lipinski definition) is 3. The molecule has 0 amide bonds. The number of ketones is 1. The van der Waals surface area contributed by atoms with Crippen molar-refractivity contribution in [2.45, 2.75) is 26.4 Å². The third kappa shape index (κ3) is 4.64. The highest BCUT2D eigenvalue weighted by Gasteiger charge is 2.27. The summed E-state index contributed by atoms with van der Waals surface area (Å²) in [6, 6.07) is 11.4. The Morgan fingerprint density at radius 1 is 1.24 bits per heavy atom. The fraction of sp³-hybridized carbons (Fsp3) is 0.286. The molecule has 0 radical (unpaired) electrons. The van der Waals surface area contributed by atoms with E-state index in [1.54, 1.807) is 13.2 Å². The van der Waals surface area contributed by atoms with Crippen molar-refractivity contribution in [3.63, 3.8) is 0 Å². The SMILES string of the molecule is COc1ccc(/C=C/C(=O)C2CC2)cc1COc1ccc(Cl)c(C)c1. The first-order chi connectivity index (χ1) is 12.1. The Labute approximate surface area is 153 Å². The molecule has 130 valence electrons. The van der Waals surface area contributed by atoms with Crippen molar-refractivity contribution in [2.24, 2.45) is 5.92 Å². The molecule has 1 saturated carbocycles. The van der Waals surface area contributed by atoms with Gasteiger partial charge in [-0.1, -0.05) is 23.7 Å². The van der Waals surface area contributed by atoms with E-state index in [-0.39, 0.29) is 11.7 Å². The van der Waals surface area contributed by atoms with Crippen LogP contribution in [0.25, 0.3) is 6.08 Å². The summed E-state index contributed by atoms with van der Waals surface area (Å²) in [5.41, 5.74) is 2.86. The molecule has 0 aliphatic heterocycles. The normalized spacial score (nSPS) is 13.9. The van der Waals surface area contributed by atoms with Crippen molar-refractivity contribution in [3.05, 3.63) is 64.2 Å². The Morgan fingerprint density at radius 2 is 2.04 bits per heavy atom. The molecule has 2 aromatic carbocycles. The zero-order chi connectivity index (χ0) is 17.8. The lowest BCUT2D eigenvalue weighted by Gasteiger charge is -2.12. The van der Waals surface area contributed by atoms with Crippen LogP contribution in [0.3, 0.4) is 0 Å². The second-order valence-electron chi connectivity index (χ2n) is 6.28. The van der Waals surface area contributed by atoms with Gasteiger partial charge < -0.3 is 9.47 Å². The van der Waals surface area contributed by atoms with Crippen LogP contribution in [-0.2, 0) is 11.4 Å². The van der Waals surface area contributed by atoms with Gasteiger partial charge in [0.15, 0.2) is 5.78 Å². The van der Waals surface area contributed by atoms with Crippen LogP contribution in [0.5, 0.6) is 11.5 Å². The highest BCUT2D eigenvalue weighted by atomic mass is 35.5. The van der Waals surface area contributed by atoms with E-state index < -0.39 is 0 Å². The summed E-state index contributed by atoms with van der Waals surface area (Å²) in [6.07, 6.45) is 5.57. The van der Waals surface area contributed by atoms with E-state index in [0.717, 1.165) is 46.1 Å². The van der Waals surface area contributed by atoms with Gasteiger partial charge >= 0.3 is 0 Å². The van der Waals surface area contributed by atoms with Crippen LogP contribution in [0.15, 0.2) is 42.5 Å². The molecule has 3 rings (SSSR count). The predicted octanol–water partition coefficient (Wildman–Crippen LogP) is 5.23. The Morgan fingerprint density at radius 3 is 2.72 bits per heavy atom. The monoisotopic (exact) mass is 356 g/mol. The number of allylic oxidation sites excluding steroid dienone is 1. The fourth-order valence-electron chi connectivity index (χ4n) is 2.57. The summed E-state index contributed by atoms with van der Waals surface area (Å²) in [6.45, 7) is 2.32. The molecule has 0 unspecified atom stereocenters. The molecular weight excluding hydrogens is 336 g/mol. The van der Waals surface area contributed by atoms with Crippen molar-refractivity contribution in [1.29, 1.82) is 0 Å². The summed E-state index contributed by atoms with van der Waals surface area (Å²) in [5.74, 6) is 1.97. The number of aryl methyl sites for hydroxylation is 1. The second kappa shape index (κ2) is 7.75. The minimum Gasteiger partial charge on any atom is -0.496 e. The van der Waals surface area contributed by atoms with Gasteiger partial charge in [-0.2, -0.15) is 0 Å². The predicted molar refractivity (Wildman–Crippen MR) is 100 cm³/mol. The lowest BCUT2D eigenvalue weighted by atomic mass is 10.1. The van der Waals surface area contributed by atoms with Gasteiger partial charge in [-0.05, 0) is 67.3 Å². The molecule has 0 atom stereocenters. The maximum Gasteiger partial charge on any atom is 0.158 e. The molecule has 0 spiro atoms. The number of methoxy groups -OCH3 is 1. The highest BCUT2D eigenvalue weighted by molar-refractivity contribution is 6.31. The molecule has 0 N–H and O–H groups in total. The molecule has 1 fully saturated rings. The van der Waals surface area contributed by atoms with Gasteiger partial charge in [-0.25, -0.2) is 0 Å². The van der Waals surface area contributed by atoms with Crippen LogP contribution in [0, 0.1) is 12.8 Å². The average Bonchev–Trinajstić information content (AvgIpc) is 3.46. The summed E-state index contributed by atoms with van der Waals surface area (Å²) < 4.78 is 11.3. The van der Waals surface area contributed by atoms with E-state index in [0.29, 0.717) is 6.61 Å². The van der Waals surface area contributed by atoms with E-state index in [1.165, 1.54) is 0 Å². The maximum absolute atomic E-state index is 11.8. The highest BCUT2D eigenvalue weighted by Crippen LogP contribution is 2.30. The van der Waals surface area contributed by atoms with Crippen molar-refractivity contribution in [2.75, 3.05) is 7.11 Å². The van der Waals surface area contributed by atoms with Gasteiger partial charge in [0.2, 0.25) is 0 Å². The zero-order valence-corrected chi connectivity index (χ0v) is 15.2. The van der Waals surface area contributed by atoms with Crippen LogP contribution in [-0.4, -0.2) is 12.9 Å². The second-order valence-corrected chi connectivity index (χ2v) is 6.69. The van der Waals surface area contributed by atoms with Crippen molar-refractivity contribution in [1.82, 2.24) is 0 Å². The van der Waals surface area contributed by atoms with Crippen LogP contribution < -0.4 is 9.47 Å². The first-order valence-electron chi connectivity index (χ1n) is 8.34. The van der Waals surface area contributed by atoms with Crippen molar-refractivity contribution >= 4 is 23.5 Å². The lowest BCUT2D eigenvalue weighted by Crippen LogP contribution is -2.00. The van der Waals surface area contributed by atoms with Crippen LogP contribution in [0.1, 0.15) is 29.5 Å². The number of carbonyl (C=O) groups excluding carboxylic acids is 1. The summed E-state index contributed by atoms with van der Waals surface area (Å²) in [7, 11) is 1.64. The lowest BCUT2D eigenvalue weighted by molar-refractivity contribution is -0.115. The van der Waals surface area contributed by atoms with Gasteiger partial charge in [0.25, 0.3) is 0 Å². The van der Waals surface area contributed by atoms with Gasteiger partial charge in [-0.3, -0.25) is 4.79 Å². The molecule has 0 bridgehead atoms. The summed E-state index contributed by atoms with van der Waals surface area (Å²) in [4.78, 5) is 11.8. The topological polar surface area (TPSA) is 35.5 Å². The van der Waals surface area contributed by atoms with E-state index in [1.807, 2.05) is 49.4 Å². The minimum absolute atomic E-state index is 0.213. The number of carbonyl (C=O) groups is 1. The Bertz CT molecular complexity index is 807. The molecule has 1 aliphatic rings. The van der Waals surface area contributed by atoms with Crippen LogP contribution >= 0.6 is 11.6 Å². The Kier molecular flexibility index (Phi) is 5.44. The molecule has 25 heavy (non-hydrogen) atoms. The van der Waals surface area contributed by atoms with E-state index >= 15 is 0 Å². The number of ether oxygens (including phenoxy) is 2. The smallest absolute Gasteiger partial charge is 0.158 e. The average molecular weight is 357 g/mol. The van der Waals surface area contributed by atoms with Crippen LogP contribution in [0.2, 0.25) is 5.02 Å². The summed E-state index contributed by atoms with van der Waals surface area (Å²) in [5, 5.41) is 0.720. The van der Waals surface area contributed by atoms with E-state index in [9.17, 15) is 4.79 Å². The van der Waals surface area contributed by atoms with Gasteiger partial charge in [-0.15, -0.1) is 0 Å². The standard InChI is InChI=1S/C21H21ClO3/c1-14-11-18(7-8-19(14)22)25-13-17-12-15(4-10-21(17)24-2)3-9-20(23)16-5-6-16/h3-4,7-12,16H,5-6,13H2,1-2H3/b9-3+. The van der Waals surface area contributed by atoms with Gasteiger partial charge in [0.05, 0.1) is 7.11 Å². The molecule has 0 aromatic heterocycles. The number of benzene rings is 2. The largest absolute Gasteiger partial charge is 0.496 e. The summed E-state index contributed by atoms with van der Waals surface area (Å²) >= 11 is 6.04. The minimum atomic E-state index is 0.213. The maximum atomic E-state index is 11.8. The van der Waals surface area contributed by atoms with Gasteiger partial charge in [0.1, 0.15) is 18.1 Å². The molecule has 3 nitrogen and oxygen atoms in total. The Hall–Kier alpha value is -2.26. The van der Waals surface area contributed by atoms with Crippen LogP contribution in [0.4, 0.5) is 0 Å². The van der Waals surface area contributed by atoms with E-state index in [2.05, 4.69) is 0 Å². The first kappa shape index (κ1) is 17.6. The zero-order valence-electron chi connectivity index (χ0n) is 14.4. The van der Waals surface area contributed by atoms with Crippen molar-refractivity contribution < 1.29 is 14.3 Å². The third-order valence-corrected chi connectivity index (χ3v) is 4.67. The molecule has 0 saturated heterocycles. The van der Waals surface area contributed by atoms with Crippen molar-refractivity contribution in [3.8, 4) is 11.5 Å². The molecular formula is C21H21ClO3. The molecule has 1 aliphatic carbocycles. The number of halogens is 1. The number of hydrogen-bond donors (Lipinski definition) is 0. The first-order valence-corrected chi connectivity index (χ1v) is 8.72. The van der Waals surface area contributed by atoms with Gasteiger partial charge in [0, 0.05) is 16.5 Å². The molecule has 0 heterocycles. The fourth-order valence-corrected chi connectivity index (χ4v) is 2.68. The van der Waals surface area contributed by atoms with E-state index in [4.69, 9.17) is 21.1 Å². The molecule has 2 aromatic rings. The quantitative estimate of drug-likeness (QED) is 0.637. The molecule has 4 heteroatoms. The Balaban J connectivity index is 1.72.